The minimum atomic E-state index is 0.444. The van der Waals surface area contributed by atoms with Crippen LogP contribution >= 0.6 is 11.8 Å². The molecule has 1 atom stereocenters. The summed E-state index contributed by atoms with van der Waals surface area (Å²) in [5.74, 6) is 3.20. The second-order valence-electron chi connectivity index (χ2n) is 5.63. The smallest absolute Gasteiger partial charge is 0.217 e. The van der Waals surface area contributed by atoms with E-state index in [1.165, 1.54) is 17.9 Å². The molecule has 0 aliphatic carbocycles. The quantitative estimate of drug-likeness (QED) is 0.908. The van der Waals surface area contributed by atoms with Crippen molar-refractivity contribution >= 4 is 11.8 Å². The number of rotatable bonds is 4. The van der Waals surface area contributed by atoms with Crippen LogP contribution in [-0.4, -0.2) is 29.6 Å². The van der Waals surface area contributed by atoms with Crippen molar-refractivity contribution in [3.05, 3.63) is 23.9 Å². The molecule has 1 aliphatic rings. The highest BCUT2D eigenvalue weighted by atomic mass is 32.2. The van der Waals surface area contributed by atoms with Crippen LogP contribution in [-0.2, 0) is 6.54 Å². The van der Waals surface area contributed by atoms with Crippen LogP contribution in [0.25, 0.3) is 0 Å². The van der Waals surface area contributed by atoms with Gasteiger partial charge in [0.15, 0.2) is 0 Å². The van der Waals surface area contributed by atoms with Gasteiger partial charge in [-0.2, -0.15) is 11.8 Å². The highest BCUT2D eigenvalue weighted by Crippen LogP contribution is 2.33. The van der Waals surface area contributed by atoms with Crippen LogP contribution < -0.4 is 10.1 Å². The molecule has 1 aromatic heterocycles. The molecule has 2 heterocycles. The number of ether oxygens (including phenoxy) is 1. The zero-order chi connectivity index (χ0) is 13.0. The zero-order valence-electron chi connectivity index (χ0n) is 11.4. The van der Waals surface area contributed by atoms with Crippen molar-refractivity contribution in [2.45, 2.75) is 32.9 Å². The first-order chi connectivity index (χ1) is 8.61. The molecule has 0 aromatic carbocycles. The van der Waals surface area contributed by atoms with Gasteiger partial charge in [-0.3, -0.25) is 0 Å². The lowest BCUT2D eigenvalue weighted by molar-refractivity contribution is 0.315. The number of methoxy groups -OCH3 is 1. The summed E-state index contributed by atoms with van der Waals surface area (Å²) in [5, 5.41) is 3.63. The lowest BCUT2D eigenvalue weighted by Crippen LogP contribution is -2.40. The summed E-state index contributed by atoms with van der Waals surface area (Å²) < 4.78 is 5.27. The predicted molar refractivity (Wildman–Crippen MR) is 77.1 cm³/mol. The average Bonchev–Trinajstić information content (AvgIpc) is 2.35. The first-order valence-corrected chi connectivity index (χ1v) is 7.55. The van der Waals surface area contributed by atoms with Crippen molar-refractivity contribution < 1.29 is 4.74 Å². The Morgan fingerprint density at radius 1 is 1.56 bits per heavy atom. The Balaban J connectivity index is 1.91. The summed E-state index contributed by atoms with van der Waals surface area (Å²) >= 11 is 2.05. The van der Waals surface area contributed by atoms with Crippen molar-refractivity contribution in [3.8, 4) is 5.88 Å². The van der Waals surface area contributed by atoms with Crippen LogP contribution in [0.2, 0.25) is 0 Å². The maximum Gasteiger partial charge on any atom is 0.217 e. The maximum atomic E-state index is 5.27. The Morgan fingerprint density at radius 3 is 3.11 bits per heavy atom. The minimum Gasteiger partial charge on any atom is -0.481 e. The number of nitrogens with zero attached hydrogens (tertiary/aromatic N) is 1. The van der Waals surface area contributed by atoms with Gasteiger partial charge < -0.3 is 10.1 Å². The molecular formula is C14H22N2OS. The van der Waals surface area contributed by atoms with Crippen LogP contribution in [0, 0.1) is 5.41 Å². The van der Waals surface area contributed by atoms with Crippen LogP contribution in [0.5, 0.6) is 5.88 Å². The third-order valence-electron chi connectivity index (χ3n) is 3.24. The standard InChI is InChI=1S/C14H22N2OS/c1-14(2)7-12(9-18-10-14)16-8-11-5-4-6-15-13(11)17-3/h4-6,12,16H,7-10H2,1-3H3. The van der Waals surface area contributed by atoms with Crippen molar-refractivity contribution in [1.82, 2.24) is 10.3 Å². The van der Waals surface area contributed by atoms with Gasteiger partial charge in [-0.05, 0) is 23.7 Å². The van der Waals surface area contributed by atoms with E-state index >= 15 is 0 Å². The third-order valence-corrected chi connectivity index (χ3v) is 4.86. The molecule has 0 saturated carbocycles. The summed E-state index contributed by atoms with van der Waals surface area (Å²) in [6, 6.07) is 4.61. The van der Waals surface area contributed by atoms with Crippen LogP contribution in [0.3, 0.4) is 0 Å². The van der Waals surface area contributed by atoms with Crippen LogP contribution in [0.15, 0.2) is 18.3 Å². The molecule has 1 aromatic rings. The molecule has 1 fully saturated rings. The van der Waals surface area contributed by atoms with Crippen molar-refractivity contribution in [2.24, 2.45) is 5.41 Å². The van der Waals surface area contributed by atoms with E-state index in [0.717, 1.165) is 18.0 Å². The highest BCUT2D eigenvalue weighted by Gasteiger charge is 2.28. The fraction of sp³-hybridized carbons (Fsp3) is 0.643. The predicted octanol–water partition coefficient (Wildman–Crippen LogP) is 2.71. The van der Waals surface area contributed by atoms with Gasteiger partial charge in [-0.1, -0.05) is 19.9 Å². The van der Waals surface area contributed by atoms with E-state index in [9.17, 15) is 0 Å². The molecule has 18 heavy (non-hydrogen) atoms. The largest absolute Gasteiger partial charge is 0.481 e. The van der Waals surface area contributed by atoms with Gasteiger partial charge in [0, 0.05) is 30.1 Å². The van der Waals surface area contributed by atoms with Gasteiger partial charge >= 0.3 is 0 Å². The number of nitrogens with one attached hydrogen (secondary N) is 1. The van der Waals surface area contributed by atoms with E-state index in [1.807, 2.05) is 17.8 Å². The second-order valence-corrected chi connectivity index (χ2v) is 6.66. The molecule has 0 radical (unpaired) electrons. The molecule has 0 amide bonds. The van der Waals surface area contributed by atoms with Gasteiger partial charge in [0.1, 0.15) is 0 Å². The van der Waals surface area contributed by atoms with Crippen LogP contribution in [0.1, 0.15) is 25.8 Å². The van der Waals surface area contributed by atoms with Crippen molar-refractivity contribution in [1.29, 1.82) is 0 Å². The van der Waals surface area contributed by atoms with Gasteiger partial charge in [-0.25, -0.2) is 4.98 Å². The lowest BCUT2D eigenvalue weighted by Gasteiger charge is -2.35. The Bertz CT molecular complexity index is 395. The number of thioether (sulfide) groups is 1. The van der Waals surface area contributed by atoms with Gasteiger partial charge in [0.05, 0.1) is 7.11 Å². The first-order valence-electron chi connectivity index (χ1n) is 6.40. The molecule has 0 bridgehead atoms. The Labute approximate surface area is 114 Å². The fourth-order valence-corrected chi connectivity index (χ4v) is 3.70. The molecule has 2 rings (SSSR count). The summed E-state index contributed by atoms with van der Waals surface area (Å²) in [5.41, 5.74) is 1.58. The zero-order valence-corrected chi connectivity index (χ0v) is 12.2. The van der Waals surface area contributed by atoms with E-state index in [1.54, 1.807) is 13.3 Å². The second kappa shape index (κ2) is 5.93. The van der Waals surface area contributed by atoms with E-state index in [0.29, 0.717) is 11.5 Å². The molecular weight excluding hydrogens is 244 g/mol. The van der Waals surface area contributed by atoms with Crippen LogP contribution in [0.4, 0.5) is 0 Å². The van der Waals surface area contributed by atoms with Gasteiger partial charge in [0.25, 0.3) is 0 Å². The number of hydrogen-bond acceptors (Lipinski definition) is 4. The number of hydrogen-bond donors (Lipinski definition) is 1. The number of pyridine rings is 1. The maximum absolute atomic E-state index is 5.27. The first kappa shape index (κ1) is 13.7. The molecule has 4 heteroatoms. The summed E-state index contributed by atoms with van der Waals surface area (Å²) in [6.45, 7) is 5.52. The van der Waals surface area contributed by atoms with Gasteiger partial charge in [0.2, 0.25) is 5.88 Å². The Morgan fingerprint density at radius 2 is 2.39 bits per heavy atom. The summed E-state index contributed by atoms with van der Waals surface area (Å²) in [7, 11) is 1.67. The minimum absolute atomic E-state index is 0.444. The Kier molecular flexibility index (Phi) is 4.51. The summed E-state index contributed by atoms with van der Waals surface area (Å²) in [4.78, 5) is 4.22. The normalized spacial score (nSPS) is 22.7. The highest BCUT2D eigenvalue weighted by molar-refractivity contribution is 7.99. The molecule has 100 valence electrons. The summed E-state index contributed by atoms with van der Waals surface area (Å²) in [6.07, 6.45) is 3.00. The molecule has 1 N–H and O–H groups in total. The topological polar surface area (TPSA) is 34.1 Å². The third kappa shape index (κ3) is 3.62. The molecule has 1 aliphatic heterocycles. The molecule has 3 nitrogen and oxygen atoms in total. The monoisotopic (exact) mass is 266 g/mol. The van der Waals surface area contributed by atoms with Crippen molar-refractivity contribution in [2.75, 3.05) is 18.6 Å². The SMILES string of the molecule is COc1ncccc1CNC1CSCC(C)(C)C1. The van der Waals surface area contributed by atoms with Crippen molar-refractivity contribution in [3.63, 3.8) is 0 Å². The van der Waals surface area contributed by atoms with E-state index in [4.69, 9.17) is 4.74 Å². The molecule has 0 spiro atoms. The van der Waals surface area contributed by atoms with Gasteiger partial charge in [-0.15, -0.1) is 0 Å². The lowest BCUT2D eigenvalue weighted by atomic mass is 9.88. The van der Waals surface area contributed by atoms with E-state index < -0.39 is 0 Å². The molecule has 1 unspecified atom stereocenters. The fourth-order valence-electron chi connectivity index (χ4n) is 2.39. The van der Waals surface area contributed by atoms with E-state index in [-0.39, 0.29) is 0 Å². The average molecular weight is 266 g/mol. The van der Waals surface area contributed by atoms with E-state index in [2.05, 4.69) is 30.2 Å². The Hall–Kier alpha value is -0.740. The number of aromatic nitrogens is 1. The molecule has 1 saturated heterocycles.